The first-order valence-electron chi connectivity index (χ1n) is 10.5. The maximum absolute atomic E-state index is 12.5. The molecular formula is C23H29N3O2. The number of hydrogen-bond acceptors (Lipinski definition) is 3. The summed E-state index contributed by atoms with van der Waals surface area (Å²) >= 11 is 0. The number of carbonyl (C=O) groups excluding carboxylic acids is 2. The van der Waals surface area contributed by atoms with Gasteiger partial charge in [-0.2, -0.15) is 0 Å². The number of likely N-dealkylation sites (tertiary alicyclic amines) is 1. The minimum Gasteiger partial charge on any atom is -0.343 e. The van der Waals surface area contributed by atoms with Crippen molar-refractivity contribution in [2.24, 2.45) is 5.92 Å². The first-order chi connectivity index (χ1) is 13.6. The number of piperidine rings is 1. The highest BCUT2D eigenvalue weighted by atomic mass is 16.2. The van der Waals surface area contributed by atoms with E-state index in [2.05, 4.69) is 35.0 Å². The van der Waals surface area contributed by atoms with Crippen molar-refractivity contribution in [3.8, 4) is 11.3 Å². The van der Waals surface area contributed by atoms with Crippen LogP contribution < -0.4 is 0 Å². The Morgan fingerprint density at radius 3 is 2.93 bits per heavy atom. The lowest BCUT2D eigenvalue weighted by atomic mass is 9.91. The van der Waals surface area contributed by atoms with E-state index in [1.807, 2.05) is 4.90 Å². The lowest BCUT2D eigenvalue weighted by Crippen LogP contribution is -2.39. The normalized spacial score (nSPS) is 18.9. The predicted molar refractivity (Wildman–Crippen MR) is 109 cm³/mol. The standard InChI is InChI=1S/C23H29N3O2/c1-17(27)25-11-3-6-19(15-25)14-21(28)10-9-18-5-2-7-20(13-18)22-16-26-12-4-8-23(26)24-22/h2,5,7,13,16,19H,3-4,6,8-12,14-15H2,1H3. The average Bonchev–Trinajstić information content (AvgIpc) is 3.29. The van der Waals surface area contributed by atoms with Crippen molar-refractivity contribution >= 4 is 11.7 Å². The number of benzene rings is 1. The zero-order chi connectivity index (χ0) is 19.5. The Kier molecular flexibility index (Phi) is 5.60. The van der Waals surface area contributed by atoms with Gasteiger partial charge in [-0.25, -0.2) is 4.98 Å². The smallest absolute Gasteiger partial charge is 0.219 e. The molecule has 0 spiro atoms. The van der Waals surface area contributed by atoms with Crippen LogP contribution in [0.2, 0.25) is 0 Å². The topological polar surface area (TPSA) is 55.2 Å². The second-order valence-corrected chi connectivity index (χ2v) is 8.26. The maximum atomic E-state index is 12.5. The third kappa shape index (κ3) is 4.34. The molecule has 0 saturated carbocycles. The summed E-state index contributed by atoms with van der Waals surface area (Å²) in [6.45, 7) is 4.26. The van der Waals surface area contributed by atoms with E-state index in [0.717, 1.165) is 56.6 Å². The lowest BCUT2D eigenvalue weighted by Gasteiger charge is -2.31. The van der Waals surface area contributed by atoms with Crippen molar-refractivity contribution in [3.05, 3.63) is 41.9 Å². The molecule has 1 amide bonds. The monoisotopic (exact) mass is 379 g/mol. The molecule has 1 aromatic carbocycles. The van der Waals surface area contributed by atoms with Gasteiger partial charge in [-0.3, -0.25) is 9.59 Å². The molecule has 3 heterocycles. The predicted octanol–water partition coefficient (Wildman–Crippen LogP) is 3.65. The van der Waals surface area contributed by atoms with Crippen LogP contribution in [0.5, 0.6) is 0 Å². The van der Waals surface area contributed by atoms with Gasteiger partial charge in [0, 0.05) is 57.6 Å². The van der Waals surface area contributed by atoms with Crippen molar-refractivity contribution in [3.63, 3.8) is 0 Å². The number of Topliss-reactive ketones (excluding diaryl/α,β-unsaturated/α-hetero) is 1. The van der Waals surface area contributed by atoms with Crippen LogP contribution in [-0.4, -0.2) is 39.2 Å². The molecule has 148 valence electrons. The molecule has 1 aromatic heterocycles. The maximum Gasteiger partial charge on any atom is 0.219 e. The van der Waals surface area contributed by atoms with E-state index < -0.39 is 0 Å². The Morgan fingerprint density at radius 2 is 2.11 bits per heavy atom. The molecule has 2 aliphatic heterocycles. The van der Waals surface area contributed by atoms with Gasteiger partial charge >= 0.3 is 0 Å². The average molecular weight is 380 g/mol. The van der Waals surface area contributed by atoms with Gasteiger partial charge in [0.25, 0.3) is 0 Å². The lowest BCUT2D eigenvalue weighted by molar-refractivity contribution is -0.131. The van der Waals surface area contributed by atoms with E-state index in [1.165, 1.54) is 17.8 Å². The summed E-state index contributed by atoms with van der Waals surface area (Å²) in [6, 6.07) is 8.43. The molecule has 28 heavy (non-hydrogen) atoms. The summed E-state index contributed by atoms with van der Waals surface area (Å²) in [7, 11) is 0. The minimum absolute atomic E-state index is 0.124. The van der Waals surface area contributed by atoms with Crippen molar-refractivity contribution in [1.29, 1.82) is 0 Å². The summed E-state index contributed by atoms with van der Waals surface area (Å²) in [5, 5.41) is 0. The number of nitrogens with zero attached hydrogens (tertiary/aromatic N) is 3. The molecule has 0 bridgehead atoms. The Labute approximate surface area is 166 Å². The first kappa shape index (κ1) is 18.9. The van der Waals surface area contributed by atoms with Gasteiger partial charge in [-0.05, 0) is 43.2 Å². The number of imidazole rings is 1. The van der Waals surface area contributed by atoms with Crippen LogP contribution in [0.1, 0.15) is 50.4 Å². The molecule has 5 nitrogen and oxygen atoms in total. The molecule has 1 saturated heterocycles. The van der Waals surface area contributed by atoms with Crippen LogP contribution in [0.25, 0.3) is 11.3 Å². The number of rotatable bonds is 6. The van der Waals surface area contributed by atoms with Gasteiger partial charge in [0.15, 0.2) is 0 Å². The minimum atomic E-state index is 0.124. The van der Waals surface area contributed by atoms with Gasteiger partial charge in [-0.15, -0.1) is 0 Å². The number of carbonyl (C=O) groups is 2. The summed E-state index contributed by atoms with van der Waals surface area (Å²) in [6.07, 6.45) is 8.40. The SMILES string of the molecule is CC(=O)N1CCCC(CC(=O)CCc2cccc(-c3cn4c(n3)CCC4)c2)C1. The highest BCUT2D eigenvalue weighted by Gasteiger charge is 2.23. The summed E-state index contributed by atoms with van der Waals surface area (Å²) in [4.78, 5) is 30.7. The van der Waals surface area contributed by atoms with Crippen LogP contribution in [0.3, 0.4) is 0 Å². The van der Waals surface area contributed by atoms with Gasteiger partial charge < -0.3 is 9.47 Å². The van der Waals surface area contributed by atoms with Crippen LogP contribution in [0, 0.1) is 5.92 Å². The third-order valence-electron chi connectivity index (χ3n) is 6.05. The molecule has 2 aliphatic rings. The van der Waals surface area contributed by atoms with E-state index in [9.17, 15) is 9.59 Å². The molecule has 2 aromatic rings. The fourth-order valence-electron chi connectivity index (χ4n) is 4.51. The van der Waals surface area contributed by atoms with Gasteiger partial charge in [0.1, 0.15) is 11.6 Å². The van der Waals surface area contributed by atoms with E-state index in [-0.39, 0.29) is 5.91 Å². The van der Waals surface area contributed by atoms with Crippen molar-refractivity contribution in [1.82, 2.24) is 14.5 Å². The molecule has 0 aliphatic carbocycles. The van der Waals surface area contributed by atoms with Crippen LogP contribution >= 0.6 is 0 Å². The van der Waals surface area contributed by atoms with E-state index >= 15 is 0 Å². The summed E-state index contributed by atoms with van der Waals surface area (Å²) in [5.74, 6) is 1.94. The van der Waals surface area contributed by atoms with Crippen LogP contribution in [0.15, 0.2) is 30.5 Å². The number of aromatic nitrogens is 2. The van der Waals surface area contributed by atoms with Gasteiger partial charge in [-0.1, -0.05) is 18.2 Å². The Balaban J connectivity index is 1.32. The third-order valence-corrected chi connectivity index (χ3v) is 6.05. The number of ketones is 1. The van der Waals surface area contributed by atoms with Gasteiger partial charge in [0.05, 0.1) is 5.69 Å². The molecule has 4 rings (SSSR count). The van der Waals surface area contributed by atoms with Gasteiger partial charge in [0.2, 0.25) is 5.91 Å². The second kappa shape index (κ2) is 8.29. The molecule has 1 fully saturated rings. The Bertz CT molecular complexity index is 849. The summed E-state index contributed by atoms with van der Waals surface area (Å²) in [5.41, 5.74) is 3.36. The van der Waals surface area contributed by atoms with Crippen LogP contribution in [-0.2, 0) is 29.0 Å². The quantitative estimate of drug-likeness (QED) is 0.770. The fraction of sp³-hybridized carbons (Fsp3) is 0.522. The first-order valence-corrected chi connectivity index (χ1v) is 10.5. The molecule has 0 radical (unpaired) electrons. The Hall–Kier alpha value is -2.43. The molecular weight excluding hydrogens is 350 g/mol. The number of aryl methyl sites for hydroxylation is 3. The van der Waals surface area contributed by atoms with Crippen molar-refractivity contribution in [2.45, 2.75) is 58.4 Å². The zero-order valence-corrected chi connectivity index (χ0v) is 16.7. The van der Waals surface area contributed by atoms with Crippen molar-refractivity contribution < 1.29 is 9.59 Å². The second-order valence-electron chi connectivity index (χ2n) is 8.26. The summed E-state index contributed by atoms with van der Waals surface area (Å²) < 4.78 is 2.25. The number of amides is 1. The van der Waals surface area contributed by atoms with E-state index in [4.69, 9.17) is 4.98 Å². The molecule has 0 N–H and O–H groups in total. The van der Waals surface area contributed by atoms with Crippen molar-refractivity contribution in [2.75, 3.05) is 13.1 Å². The van der Waals surface area contributed by atoms with E-state index in [1.54, 1.807) is 6.92 Å². The number of hydrogen-bond donors (Lipinski definition) is 0. The highest BCUT2D eigenvalue weighted by Crippen LogP contribution is 2.25. The largest absolute Gasteiger partial charge is 0.343 e. The molecule has 1 unspecified atom stereocenters. The highest BCUT2D eigenvalue weighted by molar-refractivity contribution is 5.79. The molecule has 5 heteroatoms. The van der Waals surface area contributed by atoms with E-state index in [0.29, 0.717) is 24.5 Å². The van der Waals surface area contributed by atoms with Crippen LogP contribution in [0.4, 0.5) is 0 Å². The number of fused-ring (bicyclic) bond motifs is 1. The molecule has 1 atom stereocenters. The fourth-order valence-corrected chi connectivity index (χ4v) is 4.51. The Morgan fingerprint density at radius 1 is 1.21 bits per heavy atom. The zero-order valence-electron chi connectivity index (χ0n) is 16.7.